The normalized spacial score (nSPS) is 15.3. The largest absolute Gasteiger partial charge is 0.324 e. The lowest BCUT2D eigenvalue weighted by atomic mass is 9.91. The summed E-state index contributed by atoms with van der Waals surface area (Å²) in [6.45, 7) is 1.77. The molecule has 0 fully saturated rings. The van der Waals surface area contributed by atoms with Crippen molar-refractivity contribution in [3.63, 3.8) is 0 Å². The Kier molecular flexibility index (Phi) is 5.87. The molecule has 1 atom stereocenters. The van der Waals surface area contributed by atoms with Gasteiger partial charge in [-0.15, -0.1) is 0 Å². The molecule has 0 bridgehead atoms. The van der Waals surface area contributed by atoms with Crippen molar-refractivity contribution in [2.75, 3.05) is 5.32 Å². The molecule has 1 aliphatic heterocycles. The highest BCUT2D eigenvalue weighted by atomic mass is 35.5. The van der Waals surface area contributed by atoms with Crippen LogP contribution in [0.5, 0.6) is 0 Å². The lowest BCUT2D eigenvalue weighted by Gasteiger charge is -2.26. The fourth-order valence-corrected chi connectivity index (χ4v) is 4.24. The van der Waals surface area contributed by atoms with Gasteiger partial charge in [0.05, 0.1) is 27.8 Å². The minimum atomic E-state index is -0.560. The number of fused-ring (bicyclic) bond motifs is 1. The second-order valence-corrected chi connectivity index (χ2v) is 7.85. The first kappa shape index (κ1) is 20.6. The predicted octanol–water partition coefficient (Wildman–Crippen LogP) is 5.88. The summed E-state index contributed by atoms with van der Waals surface area (Å²) in [6.07, 6.45) is 1.49. The van der Waals surface area contributed by atoms with Gasteiger partial charge in [0, 0.05) is 17.7 Å². The number of aliphatic imine (C=N–C) groups is 1. The number of hydrogen-bond donors (Lipinski definition) is 2. The Hall–Kier alpha value is -2.71. The predicted molar refractivity (Wildman–Crippen MR) is 113 cm³/mol. The third kappa shape index (κ3) is 3.97. The maximum atomic E-state index is 14.9. The molecule has 2 heterocycles. The highest BCUT2D eigenvalue weighted by Gasteiger charge is 2.26. The van der Waals surface area contributed by atoms with Crippen molar-refractivity contribution in [3.05, 3.63) is 88.0 Å². The van der Waals surface area contributed by atoms with E-state index in [1.54, 1.807) is 25.1 Å². The molecule has 154 valence electrons. The Morgan fingerprint density at radius 1 is 1.07 bits per heavy atom. The van der Waals surface area contributed by atoms with Crippen LogP contribution in [0.1, 0.15) is 29.7 Å². The van der Waals surface area contributed by atoms with Crippen molar-refractivity contribution >= 4 is 35.2 Å². The van der Waals surface area contributed by atoms with Gasteiger partial charge in [0.1, 0.15) is 17.5 Å². The van der Waals surface area contributed by atoms with Gasteiger partial charge in [-0.25, -0.2) is 18.2 Å². The molecule has 2 aromatic carbocycles. The highest BCUT2D eigenvalue weighted by molar-refractivity contribution is 7.98. The van der Waals surface area contributed by atoms with Gasteiger partial charge in [0.2, 0.25) is 5.96 Å². The van der Waals surface area contributed by atoms with Crippen molar-refractivity contribution in [1.82, 2.24) is 9.71 Å². The molecule has 0 radical (unpaired) electrons. The molecule has 1 aliphatic rings. The first-order chi connectivity index (χ1) is 14.5. The zero-order chi connectivity index (χ0) is 21.3. The second-order valence-electron chi connectivity index (χ2n) is 6.62. The average molecular weight is 449 g/mol. The zero-order valence-electron chi connectivity index (χ0n) is 15.7. The van der Waals surface area contributed by atoms with Crippen LogP contribution in [-0.2, 0) is 6.54 Å². The zero-order valence-corrected chi connectivity index (χ0v) is 17.3. The Bertz CT molecular complexity index is 1140. The van der Waals surface area contributed by atoms with E-state index in [4.69, 9.17) is 11.6 Å². The van der Waals surface area contributed by atoms with E-state index in [0.29, 0.717) is 22.8 Å². The third-order valence-corrected chi connectivity index (χ3v) is 6.01. The van der Waals surface area contributed by atoms with Crippen LogP contribution in [0.15, 0.2) is 58.5 Å². The fourth-order valence-electron chi connectivity index (χ4n) is 3.23. The lowest BCUT2D eigenvalue weighted by Crippen LogP contribution is -2.30. The smallest absolute Gasteiger partial charge is 0.206 e. The number of guanidine groups is 1. The Morgan fingerprint density at radius 3 is 2.67 bits per heavy atom. The average Bonchev–Trinajstić information content (AvgIpc) is 2.74. The number of hydrogen-bond acceptors (Lipinski definition) is 3. The molecule has 0 aliphatic carbocycles. The second kappa shape index (κ2) is 8.57. The molecule has 1 unspecified atom stereocenters. The summed E-state index contributed by atoms with van der Waals surface area (Å²) in [5.74, 6) is -1.65. The Balaban J connectivity index is 1.68. The van der Waals surface area contributed by atoms with Crippen LogP contribution in [0.25, 0.3) is 0 Å². The van der Waals surface area contributed by atoms with Crippen molar-refractivity contribution in [3.8, 4) is 0 Å². The van der Waals surface area contributed by atoms with Crippen LogP contribution < -0.4 is 10.0 Å². The molecule has 30 heavy (non-hydrogen) atoms. The van der Waals surface area contributed by atoms with E-state index in [1.807, 2.05) is 0 Å². The first-order valence-electron chi connectivity index (χ1n) is 9.05. The molecule has 0 saturated heterocycles. The van der Waals surface area contributed by atoms with Crippen LogP contribution in [0.2, 0.25) is 5.02 Å². The number of benzene rings is 2. The summed E-state index contributed by atoms with van der Waals surface area (Å²) in [7, 11) is 0. The topological polar surface area (TPSA) is 49.3 Å². The van der Waals surface area contributed by atoms with Crippen LogP contribution in [0.4, 0.5) is 18.9 Å². The number of aromatic nitrogens is 1. The molecule has 9 heteroatoms. The monoisotopic (exact) mass is 448 g/mol. The quantitative estimate of drug-likeness (QED) is 0.489. The van der Waals surface area contributed by atoms with Gasteiger partial charge in [0.15, 0.2) is 0 Å². The minimum Gasteiger partial charge on any atom is -0.324 e. The van der Waals surface area contributed by atoms with E-state index in [-0.39, 0.29) is 17.3 Å². The molecule has 2 N–H and O–H groups in total. The summed E-state index contributed by atoms with van der Waals surface area (Å²) in [5, 5.41) is 3.03. The third-order valence-electron chi connectivity index (χ3n) is 4.76. The fraction of sp³-hybridized carbons (Fsp3) is 0.143. The van der Waals surface area contributed by atoms with Crippen LogP contribution in [0, 0.1) is 17.5 Å². The number of pyridine rings is 1. The number of rotatable bonds is 4. The number of nitrogens with one attached hydrogen (secondary N) is 2. The highest BCUT2D eigenvalue weighted by Crippen LogP contribution is 2.41. The van der Waals surface area contributed by atoms with Gasteiger partial charge in [-0.1, -0.05) is 30.7 Å². The molecule has 0 saturated carbocycles. The van der Waals surface area contributed by atoms with Gasteiger partial charge in [-0.3, -0.25) is 9.71 Å². The molecule has 4 nitrogen and oxygen atoms in total. The maximum Gasteiger partial charge on any atom is 0.206 e. The van der Waals surface area contributed by atoms with E-state index in [2.05, 4.69) is 20.0 Å². The van der Waals surface area contributed by atoms with E-state index in [1.165, 1.54) is 42.4 Å². The summed E-state index contributed by atoms with van der Waals surface area (Å²) in [5.41, 5.74) is 1.52. The number of nitrogens with zero attached hydrogens (tertiary/aromatic N) is 2. The van der Waals surface area contributed by atoms with Gasteiger partial charge < -0.3 is 5.32 Å². The number of halogens is 4. The molecule has 1 aromatic heterocycles. The van der Waals surface area contributed by atoms with Crippen LogP contribution >= 0.6 is 23.5 Å². The van der Waals surface area contributed by atoms with Gasteiger partial charge in [-0.05, 0) is 47.8 Å². The molecular weight excluding hydrogens is 433 g/mol. The standard InChI is InChI=1S/C21H16ClF3N4S/c1-11(12-4-2-5-15(25)19(12)22)18-14(24)7-8-17-20(18)28-21(29-30-17)27-10-16-13(23)6-3-9-26-16/h2-9,11H,10H2,1H3,(H2,27,28,29). The molecule has 0 amide bonds. The SMILES string of the molecule is CC(c1cccc(F)c1Cl)c1c(F)ccc2c1NC(=NCc1ncccc1F)NS2. The van der Waals surface area contributed by atoms with Gasteiger partial charge in [-0.2, -0.15) is 0 Å². The number of anilines is 1. The summed E-state index contributed by atoms with van der Waals surface area (Å²) < 4.78 is 45.6. The summed E-state index contributed by atoms with van der Waals surface area (Å²) >= 11 is 7.38. The van der Waals surface area contributed by atoms with Crippen molar-refractivity contribution in [2.24, 2.45) is 4.99 Å². The molecule has 0 spiro atoms. The molecular formula is C21H16ClF3N4S. The summed E-state index contributed by atoms with van der Waals surface area (Å²) in [4.78, 5) is 9.02. The van der Waals surface area contributed by atoms with E-state index >= 15 is 0 Å². The van der Waals surface area contributed by atoms with E-state index in [9.17, 15) is 13.2 Å². The Morgan fingerprint density at radius 2 is 1.87 bits per heavy atom. The maximum absolute atomic E-state index is 14.9. The van der Waals surface area contributed by atoms with Crippen molar-refractivity contribution in [2.45, 2.75) is 24.3 Å². The van der Waals surface area contributed by atoms with Crippen molar-refractivity contribution < 1.29 is 13.2 Å². The van der Waals surface area contributed by atoms with Crippen molar-refractivity contribution in [1.29, 1.82) is 0 Å². The summed E-state index contributed by atoms with van der Waals surface area (Å²) in [6, 6.07) is 10.3. The van der Waals surface area contributed by atoms with E-state index in [0.717, 1.165) is 4.90 Å². The minimum absolute atomic E-state index is 0.00777. The molecule has 4 rings (SSSR count). The van der Waals surface area contributed by atoms with E-state index < -0.39 is 23.4 Å². The molecule has 3 aromatic rings. The lowest BCUT2D eigenvalue weighted by molar-refractivity contribution is 0.599. The van der Waals surface area contributed by atoms with Crippen LogP contribution in [-0.4, -0.2) is 10.9 Å². The van der Waals surface area contributed by atoms with Crippen LogP contribution in [0.3, 0.4) is 0 Å². The Labute approximate surface area is 180 Å². The first-order valence-corrected chi connectivity index (χ1v) is 10.2. The van der Waals surface area contributed by atoms with Gasteiger partial charge in [0.25, 0.3) is 0 Å². The van der Waals surface area contributed by atoms with Gasteiger partial charge >= 0.3 is 0 Å².